The largest absolute Gasteiger partial charge is 0.357 e. The van der Waals surface area contributed by atoms with Crippen molar-refractivity contribution >= 4 is 5.82 Å². The van der Waals surface area contributed by atoms with Gasteiger partial charge in [-0.05, 0) is 62.1 Å². The van der Waals surface area contributed by atoms with Gasteiger partial charge < -0.3 is 10.2 Å². The van der Waals surface area contributed by atoms with Gasteiger partial charge in [0.25, 0.3) is 0 Å². The van der Waals surface area contributed by atoms with Gasteiger partial charge in [-0.1, -0.05) is 13.8 Å². The molecule has 1 aromatic heterocycles. The van der Waals surface area contributed by atoms with Crippen LogP contribution in [0.5, 0.6) is 0 Å². The van der Waals surface area contributed by atoms with Gasteiger partial charge in [0.15, 0.2) is 0 Å². The molecule has 1 unspecified atom stereocenters. The van der Waals surface area contributed by atoms with Crippen molar-refractivity contribution in [1.29, 1.82) is 0 Å². The maximum atomic E-state index is 4.88. The summed E-state index contributed by atoms with van der Waals surface area (Å²) in [7, 11) is 0. The first-order valence-electron chi connectivity index (χ1n) is 8.72. The average Bonchev–Trinajstić information content (AvgIpc) is 3.32. The predicted molar refractivity (Wildman–Crippen MR) is 88.7 cm³/mol. The lowest BCUT2D eigenvalue weighted by Crippen LogP contribution is -2.26. The molecule has 21 heavy (non-hydrogen) atoms. The molecule has 1 aromatic rings. The molecule has 0 aromatic carbocycles. The van der Waals surface area contributed by atoms with Crippen molar-refractivity contribution in [3.8, 4) is 0 Å². The van der Waals surface area contributed by atoms with Crippen molar-refractivity contribution in [3.05, 3.63) is 23.4 Å². The lowest BCUT2D eigenvalue weighted by molar-refractivity contribution is 0.521. The molecule has 0 spiro atoms. The zero-order valence-electron chi connectivity index (χ0n) is 13.6. The van der Waals surface area contributed by atoms with Crippen molar-refractivity contribution in [3.63, 3.8) is 0 Å². The highest BCUT2D eigenvalue weighted by Crippen LogP contribution is 2.24. The maximum Gasteiger partial charge on any atom is 0.129 e. The first-order valence-corrected chi connectivity index (χ1v) is 8.72. The lowest BCUT2D eigenvalue weighted by atomic mass is 10.0. The van der Waals surface area contributed by atoms with Crippen LogP contribution in [0, 0.1) is 5.92 Å². The van der Waals surface area contributed by atoms with Crippen molar-refractivity contribution in [2.24, 2.45) is 5.92 Å². The Hall–Kier alpha value is -1.09. The molecule has 1 saturated carbocycles. The molecule has 0 amide bonds. The summed E-state index contributed by atoms with van der Waals surface area (Å²) in [4.78, 5) is 7.39. The number of rotatable bonds is 5. The SMILES string of the molecule is CCc1cc(CNC2CC2)cc(N2CCCC(C)CC2)n1. The van der Waals surface area contributed by atoms with E-state index < -0.39 is 0 Å². The summed E-state index contributed by atoms with van der Waals surface area (Å²) in [5, 5.41) is 3.63. The van der Waals surface area contributed by atoms with E-state index >= 15 is 0 Å². The third-order valence-corrected chi connectivity index (χ3v) is 4.80. The average molecular weight is 287 g/mol. The van der Waals surface area contributed by atoms with Gasteiger partial charge in [0.05, 0.1) is 0 Å². The second kappa shape index (κ2) is 6.78. The number of pyridine rings is 1. The molecule has 1 N–H and O–H groups in total. The van der Waals surface area contributed by atoms with Crippen LogP contribution in [0.25, 0.3) is 0 Å². The normalized spacial score (nSPS) is 23.1. The minimum Gasteiger partial charge on any atom is -0.357 e. The van der Waals surface area contributed by atoms with E-state index in [2.05, 4.69) is 36.2 Å². The number of aryl methyl sites for hydroxylation is 1. The number of hydrogen-bond acceptors (Lipinski definition) is 3. The maximum absolute atomic E-state index is 4.88. The molecule has 2 aliphatic rings. The Balaban J connectivity index is 1.73. The lowest BCUT2D eigenvalue weighted by Gasteiger charge is -2.23. The highest BCUT2D eigenvalue weighted by atomic mass is 15.2. The minimum atomic E-state index is 0.769. The number of hydrogen-bond donors (Lipinski definition) is 1. The quantitative estimate of drug-likeness (QED) is 0.898. The van der Waals surface area contributed by atoms with Crippen LogP contribution in [-0.4, -0.2) is 24.1 Å². The predicted octanol–water partition coefficient (Wildman–Crippen LogP) is 3.52. The van der Waals surface area contributed by atoms with Gasteiger partial charge in [-0.15, -0.1) is 0 Å². The van der Waals surface area contributed by atoms with E-state index in [0.29, 0.717) is 0 Å². The van der Waals surface area contributed by atoms with Gasteiger partial charge in [-0.2, -0.15) is 0 Å². The molecule has 3 rings (SSSR count). The topological polar surface area (TPSA) is 28.2 Å². The molecule has 0 bridgehead atoms. The van der Waals surface area contributed by atoms with Gasteiger partial charge in [-0.25, -0.2) is 4.98 Å². The van der Waals surface area contributed by atoms with Crippen LogP contribution in [0.4, 0.5) is 5.82 Å². The van der Waals surface area contributed by atoms with E-state index in [9.17, 15) is 0 Å². The van der Waals surface area contributed by atoms with Gasteiger partial charge in [0.1, 0.15) is 5.82 Å². The van der Waals surface area contributed by atoms with Crippen LogP contribution >= 0.6 is 0 Å². The second-order valence-corrected chi connectivity index (χ2v) is 6.86. The summed E-state index contributed by atoms with van der Waals surface area (Å²) < 4.78 is 0. The van der Waals surface area contributed by atoms with E-state index in [0.717, 1.165) is 31.5 Å². The van der Waals surface area contributed by atoms with E-state index in [4.69, 9.17) is 4.98 Å². The minimum absolute atomic E-state index is 0.769. The molecular formula is C18H29N3. The Morgan fingerprint density at radius 3 is 2.81 bits per heavy atom. The summed E-state index contributed by atoms with van der Waals surface area (Å²) in [5.74, 6) is 2.07. The summed E-state index contributed by atoms with van der Waals surface area (Å²) in [6.07, 6.45) is 7.68. The highest BCUT2D eigenvalue weighted by Gasteiger charge is 2.20. The number of anilines is 1. The molecule has 2 fully saturated rings. The van der Waals surface area contributed by atoms with E-state index in [1.165, 1.54) is 55.7 Å². The molecule has 2 heterocycles. The van der Waals surface area contributed by atoms with Crippen LogP contribution in [0.2, 0.25) is 0 Å². The smallest absolute Gasteiger partial charge is 0.129 e. The van der Waals surface area contributed by atoms with Crippen molar-refractivity contribution in [1.82, 2.24) is 10.3 Å². The summed E-state index contributed by atoms with van der Waals surface area (Å²) >= 11 is 0. The molecule has 3 nitrogen and oxygen atoms in total. The Kier molecular flexibility index (Phi) is 4.79. The van der Waals surface area contributed by atoms with Gasteiger partial charge in [0.2, 0.25) is 0 Å². The van der Waals surface area contributed by atoms with E-state index in [1.54, 1.807) is 0 Å². The van der Waals surface area contributed by atoms with Gasteiger partial charge >= 0.3 is 0 Å². The number of nitrogens with zero attached hydrogens (tertiary/aromatic N) is 2. The van der Waals surface area contributed by atoms with Gasteiger partial charge in [0, 0.05) is 31.4 Å². The van der Waals surface area contributed by atoms with E-state index in [1.807, 2.05) is 0 Å². The number of nitrogens with one attached hydrogen (secondary N) is 1. The molecule has 116 valence electrons. The standard InChI is InChI=1S/C18H29N3/c1-3-16-11-15(13-19-17-6-7-17)12-18(20-16)21-9-4-5-14(2)8-10-21/h11-12,14,17,19H,3-10,13H2,1-2H3. The third kappa shape index (κ3) is 4.19. The fourth-order valence-corrected chi connectivity index (χ4v) is 3.12. The van der Waals surface area contributed by atoms with Crippen LogP contribution < -0.4 is 10.2 Å². The molecule has 0 radical (unpaired) electrons. The van der Waals surface area contributed by atoms with Crippen LogP contribution in [-0.2, 0) is 13.0 Å². The first-order chi connectivity index (χ1) is 10.2. The second-order valence-electron chi connectivity index (χ2n) is 6.86. The Morgan fingerprint density at radius 1 is 1.19 bits per heavy atom. The first kappa shape index (κ1) is 14.8. The van der Waals surface area contributed by atoms with Crippen molar-refractivity contribution in [2.75, 3.05) is 18.0 Å². The van der Waals surface area contributed by atoms with Crippen LogP contribution in [0.1, 0.15) is 57.2 Å². The highest BCUT2D eigenvalue weighted by molar-refractivity contribution is 5.43. The third-order valence-electron chi connectivity index (χ3n) is 4.80. The Morgan fingerprint density at radius 2 is 2.05 bits per heavy atom. The van der Waals surface area contributed by atoms with Crippen molar-refractivity contribution in [2.45, 2.75) is 65.0 Å². The van der Waals surface area contributed by atoms with Crippen LogP contribution in [0.15, 0.2) is 12.1 Å². The molecule has 1 atom stereocenters. The molecule has 3 heteroatoms. The summed E-state index contributed by atoms with van der Waals surface area (Å²) in [5.41, 5.74) is 2.64. The van der Waals surface area contributed by atoms with Gasteiger partial charge in [-0.3, -0.25) is 0 Å². The van der Waals surface area contributed by atoms with E-state index in [-0.39, 0.29) is 0 Å². The summed E-state index contributed by atoms with van der Waals surface area (Å²) in [6, 6.07) is 5.36. The Bertz CT molecular complexity index is 468. The molecule has 1 aliphatic carbocycles. The monoisotopic (exact) mass is 287 g/mol. The fourth-order valence-electron chi connectivity index (χ4n) is 3.12. The molecular weight excluding hydrogens is 258 g/mol. The number of aromatic nitrogens is 1. The fraction of sp³-hybridized carbons (Fsp3) is 0.722. The summed E-state index contributed by atoms with van der Waals surface area (Å²) in [6.45, 7) is 7.91. The molecule has 1 saturated heterocycles. The van der Waals surface area contributed by atoms with Crippen molar-refractivity contribution < 1.29 is 0 Å². The van der Waals surface area contributed by atoms with Crippen LogP contribution in [0.3, 0.4) is 0 Å². The zero-order chi connectivity index (χ0) is 14.7. The molecule has 1 aliphatic heterocycles. The Labute approximate surface area is 129 Å². The zero-order valence-corrected chi connectivity index (χ0v) is 13.6.